The number of phenolic OH excluding ortho intramolecular Hbond substituents is 1. The predicted octanol–water partition coefficient (Wildman–Crippen LogP) is 0.120. The van der Waals surface area contributed by atoms with Gasteiger partial charge in [-0.1, -0.05) is 42.5 Å². The van der Waals surface area contributed by atoms with E-state index in [1.165, 1.54) is 28.8 Å². The van der Waals surface area contributed by atoms with Gasteiger partial charge in [-0.15, -0.1) is 0 Å². The number of amides is 6. The van der Waals surface area contributed by atoms with Gasteiger partial charge in [0, 0.05) is 19.4 Å². The molecule has 0 bridgehead atoms. The molecule has 0 saturated carbocycles. The molecule has 2 aromatic rings. The van der Waals surface area contributed by atoms with Gasteiger partial charge in [0.15, 0.2) is 0 Å². The second kappa shape index (κ2) is 19.7. The lowest BCUT2D eigenvalue weighted by molar-refractivity contribution is -0.142. The molecule has 4 rings (SSSR count). The topological polar surface area (TPSA) is 212 Å². The molecule has 2 saturated heterocycles. The highest BCUT2D eigenvalue weighted by atomic mass is 32.2. The minimum absolute atomic E-state index is 0.0221. The first-order chi connectivity index (χ1) is 24.6. The molecule has 2 aliphatic rings. The largest absolute Gasteiger partial charge is 0.508 e. The van der Waals surface area contributed by atoms with Crippen LogP contribution in [0, 0.1) is 0 Å². The average Bonchev–Trinajstić information content (AvgIpc) is 3.62. The van der Waals surface area contributed by atoms with Crippen molar-refractivity contribution in [1.29, 1.82) is 0 Å². The van der Waals surface area contributed by atoms with Gasteiger partial charge in [0.25, 0.3) is 0 Å². The van der Waals surface area contributed by atoms with Crippen LogP contribution in [0.3, 0.4) is 0 Å². The molecule has 0 aromatic heterocycles. The van der Waals surface area contributed by atoms with Crippen LogP contribution in [0.5, 0.6) is 5.75 Å². The Bertz CT molecular complexity index is 1510. The minimum Gasteiger partial charge on any atom is -0.508 e. The summed E-state index contributed by atoms with van der Waals surface area (Å²) in [5, 5.41) is 23.5. The molecule has 15 heteroatoms. The van der Waals surface area contributed by atoms with Crippen molar-refractivity contribution in [3.05, 3.63) is 65.7 Å². The quantitative estimate of drug-likeness (QED) is 0.157. The molecule has 6 amide bonds. The Kier molecular flexibility index (Phi) is 15.1. The number of unbranched alkanes of at least 4 members (excludes halogenated alkanes) is 1. The molecule has 276 valence electrons. The van der Waals surface area contributed by atoms with Crippen molar-refractivity contribution in [1.82, 2.24) is 31.5 Å². The van der Waals surface area contributed by atoms with E-state index in [0.29, 0.717) is 43.5 Å². The molecule has 2 fully saturated rings. The summed E-state index contributed by atoms with van der Waals surface area (Å²) in [5.41, 5.74) is 7.14. The van der Waals surface area contributed by atoms with E-state index in [9.17, 15) is 33.9 Å². The van der Waals surface area contributed by atoms with Gasteiger partial charge in [0.1, 0.15) is 36.0 Å². The molecule has 0 aliphatic carbocycles. The second-order valence-electron chi connectivity index (χ2n) is 12.8. The summed E-state index contributed by atoms with van der Waals surface area (Å²) in [6, 6.07) is 10.2. The maximum atomic E-state index is 14.1. The molecular formula is C36H49N7O7S. The van der Waals surface area contributed by atoms with E-state index in [4.69, 9.17) is 5.73 Å². The Morgan fingerprint density at radius 2 is 1.37 bits per heavy atom. The normalized spacial score (nSPS) is 24.0. The molecule has 5 atom stereocenters. The monoisotopic (exact) mass is 723 g/mol. The van der Waals surface area contributed by atoms with E-state index >= 15 is 0 Å². The Balaban J connectivity index is 1.68. The zero-order valence-electron chi connectivity index (χ0n) is 28.9. The minimum atomic E-state index is -1.16. The fourth-order valence-electron chi connectivity index (χ4n) is 6.24. The van der Waals surface area contributed by atoms with Crippen LogP contribution in [0.25, 0.3) is 0 Å². The SMILES string of the molecule is CSCC[C@@H]1NC(=O)[C@H](Cc2ccc(O)cc2)NC(=O)[C@H](CCCCN)NC(=O)[C@@H]2CCCN2C(=O)[C@H](Cc2ccccc2)NC(=O)CNC1=O. The van der Waals surface area contributed by atoms with E-state index in [1.807, 2.05) is 36.6 Å². The number of rotatable bonds is 11. The summed E-state index contributed by atoms with van der Waals surface area (Å²) < 4.78 is 0. The lowest BCUT2D eigenvalue weighted by Crippen LogP contribution is -2.60. The lowest BCUT2D eigenvalue weighted by Gasteiger charge is -2.31. The molecule has 14 nitrogen and oxygen atoms in total. The number of nitrogens with two attached hydrogens (primary N) is 1. The highest BCUT2D eigenvalue weighted by molar-refractivity contribution is 7.98. The highest BCUT2D eigenvalue weighted by Gasteiger charge is 2.39. The smallest absolute Gasteiger partial charge is 0.246 e. The van der Waals surface area contributed by atoms with Crippen LogP contribution in [0.2, 0.25) is 0 Å². The Morgan fingerprint density at radius 3 is 2.08 bits per heavy atom. The van der Waals surface area contributed by atoms with Gasteiger partial charge in [-0.25, -0.2) is 0 Å². The van der Waals surface area contributed by atoms with Gasteiger partial charge in [0.2, 0.25) is 35.4 Å². The van der Waals surface area contributed by atoms with Crippen molar-refractivity contribution in [3.8, 4) is 5.75 Å². The fourth-order valence-corrected chi connectivity index (χ4v) is 6.72. The van der Waals surface area contributed by atoms with Crippen molar-refractivity contribution in [2.45, 2.75) is 81.6 Å². The lowest BCUT2D eigenvalue weighted by atomic mass is 10.0. The fraction of sp³-hybridized carbons (Fsp3) is 0.500. The highest BCUT2D eigenvalue weighted by Crippen LogP contribution is 2.21. The van der Waals surface area contributed by atoms with E-state index in [1.54, 1.807) is 12.1 Å². The van der Waals surface area contributed by atoms with Crippen molar-refractivity contribution >= 4 is 47.2 Å². The van der Waals surface area contributed by atoms with Crippen molar-refractivity contribution in [3.63, 3.8) is 0 Å². The molecule has 2 heterocycles. The van der Waals surface area contributed by atoms with Crippen LogP contribution < -0.4 is 32.3 Å². The number of carbonyl (C=O) groups is 6. The van der Waals surface area contributed by atoms with Crippen LogP contribution in [0.4, 0.5) is 0 Å². The third-order valence-electron chi connectivity index (χ3n) is 9.01. The molecular weight excluding hydrogens is 675 g/mol. The third kappa shape index (κ3) is 11.7. The summed E-state index contributed by atoms with van der Waals surface area (Å²) in [6.45, 7) is 0.211. The zero-order chi connectivity index (χ0) is 36.8. The number of nitrogens with zero attached hydrogens (tertiary/aromatic N) is 1. The van der Waals surface area contributed by atoms with E-state index in [2.05, 4.69) is 26.6 Å². The summed E-state index contributed by atoms with van der Waals surface area (Å²) in [4.78, 5) is 83.8. The number of thioether (sulfide) groups is 1. The Labute approximate surface area is 302 Å². The number of carbonyl (C=O) groups excluding carboxylic acids is 6. The van der Waals surface area contributed by atoms with Crippen LogP contribution >= 0.6 is 11.8 Å². The van der Waals surface area contributed by atoms with Gasteiger partial charge in [-0.3, -0.25) is 28.8 Å². The third-order valence-corrected chi connectivity index (χ3v) is 9.65. The zero-order valence-corrected chi connectivity index (χ0v) is 29.7. The summed E-state index contributed by atoms with van der Waals surface area (Å²) in [5.74, 6) is -2.85. The van der Waals surface area contributed by atoms with E-state index in [0.717, 1.165) is 5.56 Å². The Morgan fingerprint density at radius 1 is 0.745 bits per heavy atom. The summed E-state index contributed by atoms with van der Waals surface area (Å²) in [7, 11) is 0. The Hall–Kier alpha value is -4.63. The average molecular weight is 724 g/mol. The maximum Gasteiger partial charge on any atom is 0.246 e. The predicted molar refractivity (Wildman–Crippen MR) is 193 cm³/mol. The van der Waals surface area contributed by atoms with Crippen LogP contribution in [0.1, 0.15) is 49.7 Å². The molecule has 0 spiro atoms. The van der Waals surface area contributed by atoms with Crippen molar-refractivity contribution < 1.29 is 33.9 Å². The van der Waals surface area contributed by atoms with Crippen LogP contribution in [-0.4, -0.2) is 107 Å². The number of hydrogen-bond donors (Lipinski definition) is 7. The molecule has 2 aromatic carbocycles. The van der Waals surface area contributed by atoms with Crippen LogP contribution in [0.15, 0.2) is 54.6 Å². The first-order valence-corrected chi connectivity index (χ1v) is 18.8. The van der Waals surface area contributed by atoms with Crippen molar-refractivity contribution in [2.75, 3.05) is 31.6 Å². The molecule has 0 unspecified atom stereocenters. The van der Waals surface area contributed by atoms with Gasteiger partial charge < -0.3 is 42.3 Å². The first-order valence-electron chi connectivity index (χ1n) is 17.4. The van der Waals surface area contributed by atoms with Crippen molar-refractivity contribution in [2.24, 2.45) is 5.73 Å². The maximum absolute atomic E-state index is 14.1. The molecule has 0 radical (unpaired) electrons. The number of fused-ring (bicyclic) bond motifs is 1. The first kappa shape index (κ1) is 39.2. The number of aromatic hydroxyl groups is 1. The van der Waals surface area contributed by atoms with E-state index in [-0.39, 0.29) is 38.0 Å². The van der Waals surface area contributed by atoms with Gasteiger partial charge >= 0.3 is 0 Å². The number of phenols is 1. The molecule has 51 heavy (non-hydrogen) atoms. The van der Waals surface area contributed by atoms with Gasteiger partial charge in [0.05, 0.1) is 6.54 Å². The molecule has 2 aliphatic heterocycles. The van der Waals surface area contributed by atoms with Gasteiger partial charge in [-0.05, 0) is 80.3 Å². The van der Waals surface area contributed by atoms with Crippen LogP contribution in [-0.2, 0) is 41.6 Å². The number of nitrogens with one attached hydrogen (secondary N) is 5. The standard InChI is InChI=1S/C36H49N7O7S/c1-51-19-16-27-32(46)38-22-31(45)39-29(21-23-8-3-2-4-9-23)36(50)43-18-7-11-30(43)35(49)41-26(10-5-6-17-37)33(47)42-28(34(48)40-27)20-24-12-14-25(44)15-13-24/h2-4,8-9,12-15,26-30,44H,5-7,10-11,16-22,37H2,1H3,(H,38,46)(H,39,45)(H,40,48)(H,41,49)(H,42,47)/t26-,27-,28-,29-,30-/m0/s1. The summed E-state index contributed by atoms with van der Waals surface area (Å²) in [6.07, 6.45) is 4.52. The number of hydrogen-bond acceptors (Lipinski definition) is 9. The molecule has 8 N–H and O–H groups in total. The second-order valence-corrected chi connectivity index (χ2v) is 13.8. The number of benzene rings is 2. The van der Waals surface area contributed by atoms with E-state index < -0.39 is 72.2 Å². The van der Waals surface area contributed by atoms with Gasteiger partial charge in [-0.2, -0.15) is 11.8 Å². The summed E-state index contributed by atoms with van der Waals surface area (Å²) >= 11 is 1.47.